The van der Waals surface area contributed by atoms with Crippen LogP contribution in [0.3, 0.4) is 0 Å². The van der Waals surface area contributed by atoms with E-state index in [1.54, 1.807) is 19.1 Å². The molecule has 1 aromatic carbocycles. The number of nitrogens with one attached hydrogen (secondary N) is 2. The fourth-order valence-electron chi connectivity index (χ4n) is 2.50. The summed E-state index contributed by atoms with van der Waals surface area (Å²) in [5, 5.41) is 14.8. The Labute approximate surface area is 124 Å². The second kappa shape index (κ2) is 6.58. The summed E-state index contributed by atoms with van der Waals surface area (Å²) < 4.78 is 0. The Balaban J connectivity index is 1.97. The van der Waals surface area contributed by atoms with Gasteiger partial charge in [-0.3, -0.25) is 0 Å². The molecule has 0 aromatic heterocycles. The fourth-order valence-corrected chi connectivity index (χ4v) is 2.50. The number of piperidine rings is 1. The van der Waals surface area contributed by atoms with E-state index in [2.05, 4.69) is 22.6 Å². The molecule has 1 aliphatic rings. The molecule has 1 fully saturated rings. The molecule has 0 atom stereocenters. The van der Waals surface area contributed by atoms with Gasteiger partial charge in [-0.15, -0.1) is 0 Å². The molecule has 114 valence electrons. The number of benzene rings is 1. The first-order valence-corrected chi connectivity index (χ1v) is 7.06. The number of likely N-dealkylation sites (tertiary alicyclic amines) is 1. The molecule has 0 unspecified atom stereocenters. The number of amides is 2. The van der Waals surface area contributed by atoms with Gasteiger partial charge in [0.05, 0.1) is 5.56 Å². The smallest absolute Gasteiger partial charge is 0.336 e. The monoisotopic (exact) mass is 291 g/mol. The SMILES string of the molecule is Cc1c(NC(=O)NC2CCN(C)CC2)cccc1C(=O)O. The third-order valence-corrected chi connectivity index (χ3v) is 3.87. The van der Waals surface area contributed by atoms with Gasteiger partial charge in [0, 0.05) is 11.7 Å². The summed E-state index contributed by atoms with van der Waals surface area (Å²) in [5.41, 5.74) is 1.29. The van der Waals surface area contributed by atoms with Crippen molar-refractivity contribution in [3.63, 3.8) is 0 Å². The summed E-state index contributed by atoms with van der Waals surface area (Å²) in [4.78, 5) is 25.3. The van der Waals surface area contributed by atoms with E-state index in [-0.39, 0.29) is 17.6 Å². The summed E-state index contributed by atoms with van der Waals surface area (Å²) in [6.07, 6.45) is 1.86. The van der Waals surface area contributed by atoms with Crippen molar-refractivity contribution in [1.82, 2.24) is 10.2 Å². The molecule has 0 radical (unpaired) electrons. The first-order chi connectivity index (χ1) is 9.97. The number of carboxylic acids is 1. The predicted molar refractivity (Wildman–Crippen MR) is 80.8 cm³/mol. The molecular formula is C15H21N3O3. The summed E-state index contributed by atoms with van der Waals surface area (Å²) in [7, 11) is 2.07. The number of urea groups is 1. The van der Waals surface area contributed by atoms with Crippen molar-refractivity contribution in [3.8, 4) is 0 Å². The molecule has 6 heteroatoms. The van der Waals surface area contributed by atoms with Gasteiger partial charge >= 0.3 is 12.0 Å². The number of anilines is 1. The number of hydrogen-bond donors (Lipinski definition) is 3. The van der Waals surface area contributed by atoms with Crippen LogP contribution in [0.5, 0.6) is 0 Å². The van der Waals surface area contributed by atoms with Crippen LogP contribution in [-0.2, 0) is 0 Å². The molecule has 1 aromatic rings. The van der Waals surface area contributed by atoms with E-state index in [0.29, 0.717) is 11.3 Å². The van der Waals surface area contributed by atoms with Gasteiger partial charge in [0.15, 0.2) is 0 Å². The van der Waals surface area contributed by atoms with Crippen molar-refractivity contribution in [2.75, 3.05) is 25.5 Å². The average molecular weight is 291 g/mol. The lowest BCUT2D eigenvalue weighted by molar-refractivity contribution is 0.0696. The number of carbonyl (C=O) groups is 2. The van der Waals surface area contributed by atoms with Crippen LogP contribution in [0.25, 0.3) is 0 Å². The first-order valence-electron chi connectivity index (χ1n) is 7.06. The Morgan fingerprint density at radius 2 is 1.95 bits per heavy atom. The minimum absolute atomic E-state index is 0.171. The fraction of sp³-hybridized carbons (Fsp3) is 0.467. The molecule has 0 aliphatic carbocycles. The van der Waals surface area contributed by atoms with Crippen LogP contribution in [-0.4, -0.2) is 48.2 Å². The summed E-state index contributed by atoms with van der Waals surface area (Å²) in [6, 6.07) is 4.74. The molecule has 21 heavy (non-hydrogen) atoms. The normalized spacial score (nSPS) is 16.5. The maximum atomic E-state index is 12.0. The van der Waals surface area contributed by atoms with Crippen molar-refractivity contribution >= 4 is 17.7 Å². The zero-order valence-corrected chi connectivity index (χ0v) is 12.3. The first kappa shape index (κ1) is 15.3. The van der Waals surface area contributed by atoms with Crippen LogP contribution in [0.2, 0.25) is 0 Å². The second-order valence-electron chi connectivity index (χ2n) is 5.46. The lowest BCUT2D eigenvalue weighted by atomic mass is 10.1. The second-order valence-corrected chi connectivity index (χ2v) is 5.46. The molecule has 1 heterocycles. The molecule has 3 N–H and O–H groups in total. The number of rotatable bonds is 3. The van der Waals surface area contributed by atoms with E-state index in [1.165, 1.54) is 6.07 Å². The lowest BCUT2D eigenvalue weighted by Crippen LogP contribution is -2.44. The highest BCUT2D eigenvalue weighted by Gasteiger charge is 2.19. The summed E-state index contributed by atoms with van der Waals surface area (Å²) >= 11 is 0. The highest BCUT2D eigenvalue weighted by atomic mass is 16.4. The Morgan fingerprint density at radius 1 is 1.29 bits per heavy atom. The quantitative estimate of drug-likeness (QED) is 0.794. The van der Waals surface area contributed by atoms with E-state index in [9.17, 15) is 9.59 Å². The zero-order valence-electron chi connectivity index (χ0n) is 12.3. The highest BCUT2D eigenvalue weighted by Crippen LogP contribution is 2.19. The number of nitrogens with zero attached hydrogens (tertiary/aromatic N) is 1. The van der Waals surface area contributed by atoms with Crippen LogP contribution in [0.1, 0.15) is 28.8 Å². The van der Waals surface area contributed by atoms with Crippen molar-refractivity contribution in [2.45, 2.75) is 25.8 Å². The molecule has 1 aliphatic heterocycles. The minimum atomic E-state index is -0.994. The number of hydrogen-bond acceptors (Lipinski definition) is 3. The Morgan fingerprint density at radius 3 is 2.57 bits per heavy atom. The largest absolute Gasteiger partial charge is 0.478 e. The highest BCUT2D eigenvalue weighted by molar-refractivity contribution is 5.95. The Hall–Kier alpha value is -2.08. The third-order valence-electron chi connectivity index (χ3n) is 3.87. The van der Waals surface area contributed by atoms with Crippen molar-refractivity contribution in [1.29, 1.82) is 0 Å². The van der Waals surface area contributed by atoms with E-state index in [4.69, 9.17) is 5.11 Å². The third kappa shape index (κ3) is 3.95. The van der Waals surface area contributed by atoms with Crippen molar-refractivity contribution in [3.05, 3.63) is 29.3 Å². The van der Waals surface area contributed by atoms with Crippen molar-refractivity contribution < 1.29 is 14.7 Å². The van der Waals surface area contributed by atoms with Gasteiger partial charge in [-0.25, -0.2) is 9.59 Å². The minimum Gasteiger partial charge on any atom is -0.478 e. The van der Waals surface area contributed by atoms with E-state index >= 15 is 0 Å². The van der Waals surface area contributed by atoms with Gasteiger partial charge < -0.3 is 20.6 Å². The molecular weight excluding hydrogens is 270 g/mol. The molecule has 1 saturated heterocycles. The lowest BCUT2D eigenvalue weighted by Gasteiger charge is -2.29. The maximum absolute atomic E-state index is 12.0. The molecule has 0 saturated carbocycles. The van der Waals surface area contributed by atoms with Gasteiger partial charge in [-0.1, -0.05) is 6.07 Å². The van der Waals surface area contributed by atoms with E-state index in [0.717, 1.165) is 25.9 Å². The molecule has 0 spiro atoms. The molecule has 2 rings (SSSR count). The van der Waals surface area contributed by atoms with Crippen LogP contribution < -0.4 is 10.6 Å². The van der Waals surface area contributed by atoms with Crippen LogP contribution in [0.15, 0.2) is 18.2 Å². The molecule has 2 amide bonds. The van der Waals surface area contributed by atoms with Gasteiger partial charge in [0.2, 0.25) is 0 Å². The van der Waals surface area contributed by atoms with E-state index in [1.807, 2.05) is 0 Å². The molecule has 6 nitrogen and oxygen atoms in total. The Kier molecular flexibility index (Phi) is 4.80. The zero-order chi connectivity index (χ0) is 15.4. The summed E-state index contributed by atoms with van der Waals surface area (Å²) in [6.45, 7) is 3.63. The van der Waals surface area contributed by atoms with Gasteiger partial charge in [-0.2, -0.15) is 0 Å². The number of aromatic carboxylic acids is 1. The van der Waals surface area contributed by atoms with Crippen LogP contribution in [0.4, 0.5) is 10.5 Å². The molecule has 0 bridgehead atoms. The number of carbonyl (C=O) groups excluding carboxylic acids is 1. The van der Waals surface area contributed by atoms with Gasteiger partial charge in [0.1, 0.15) is 0 Å². The van der Waals surface area contributed by atoms with Crippen LogP contribution >= 0.6 is 0 Å². The average Bonchev–Trinajstić information content (AvgIpc) is 2.43. The number of carboxylic acid groups (broad SMARTS) is 1. The van der Waals surface area contributed by atoms with Crippen LogP contribution in [0, 0.1) is 6.92 Å². The van der Waals surface area contributed by atoms with E-state index < -0.39 is 5.97 Å². The standard InChI is InChI=1S/C15H21N3O3/c1-10-12(14(19)20)4-3-5-13(10)17-15(21)16-11-6-8-18(2)9-7-11/h3-5,11H,6-9H2,1-2H3,(H,19,20)(H2,16,17,21). The van der Waals surface area contributed by atoms with Crippen molar-refractivity contribution in [2.24, 2.45) is 0 Å². The van der Waals surface area contributed by atoms with Gasteiger partial charge in [0.25, 0.3) is 0 Å². The summed E-state index contributed by atoms with van der Waals surface area (Å²) in [5.74, 6) is -0.994. The van der Waals surface area contributed by atoms with Gasteiger partial charge in [-0.05, 0) is 57.6 Å². The maximum Gasteiger partial charge on any atom is 0.336 e. The Bertz CT molecular complexity index is 537. The predicted octanol–water partition coefficient (Wildman–Crippen LogP) is 1.91. The topological polar surface area (TPSA) is 81.7 Å².